The van der Waals surface area contributed by atoms with E-state index in [0.717, 1.165) is 12.8 Å². The van der Waals surface area contributed by atoms with Crippen LogP contribution in [0, 0.1) is 6.92 Å². The number of nitrogens with one attached hydrogen (secondary N) is 2. The van der Waals surface area contributed by atoms with Crippen molar-refractivity contribution in [2.75, 3.05) is 6.54 Å². The summed E-state index contributed by atoms with van der Waals surface area (Å²) in [6.07, 6.45) is 2.29. The van der Waals surface area contributed by atoms with Crippen molar-refractivity contribution in [2.45, 2.75) is 57.7 Å². The van der Waals surface area contributed by atoms with Crippen LogP contribution in [0.25, 0.3) is 0 Å². The molecule has 0 saturated carbocycles. The van der Waals surface area contributed by atoms with Crippen LogP contribution in [0.2, 0.25) is 0 Å². The van der Waals surface area contributed by atoms with Gasteiger partial charge in [-0.25, -0.2) is 0 Å². The van der Waals surface area contributed by atoms with E-state index in [1.807, 2.05) is 0 Å². The van der Waals surface area contributed by atoms with E-state index >= 15 is 0 Å². The summed E-state index contributed by atoms with van der Waals surface area (Å²) in [6, 6.07) is 0.552. The smallest absolute Gasteiger partial charge is 0.0144 e. The first-order valence-corrected chi connectivity index (χ1v) is 5.07. The van der Waals surface area contributed by atoms with E-state index in [9.17, 15) is 0 Å². The van der Waals surface area contributed by atoms with E-state index in [-0.39, 0.29) is 11.1 Å². The van der Waals surface area contributed by atoms with E-state index in [0.29, 0.717) is 12.6 Å². The third-order valence-electron chi connectivity index (χ3n) is 2.60. The molecule has 0 bridgehead atoms. The van der Waals surface area contributed by atoms with Gasteiger partial charge in [-0.3, -0.25) is 0 Å². The zero-order chi connectivity index (χ0) is 10.1. The standard InChI is InChI=1S/C11H22N2/c1-6-12-9-7-10(2,3)13-11(4,5)8-9/h1,9,12-13H,6-8H2,2-5H3. The summed E-state index contributed by atoms with van der Waals surface area (Å²) in [4.78, 5) is 0. The van der Waals surface area contributed by atoms with Crippen molar-refractivity contribution in [3.05, 3.63) is 6.92 Å². The molecule has 2 radical (unpaired) electrons. The normalized spacial score (nSPS) is 27.5. The van der Waals surface area contributed by atoms with Crippen molar-refractivity contribution < 1.29 is 0 Å². The first kappa shape index (κ1) is 11.0. The van der Waals surface area contributed by atoms with Crippen molar-refractivity contribution in [1.29, 1.82) is 0 Å². The number of piperidine rings is 1. The van der Waals surface area contributed by atoms with Gasteiger partial charge in [0.25, 0.3) is 0 Å². The van der Waals surface area contributed by atoms with Crippen LogP contribution in [0.4, 0.5) is 0 Å². The largest absolute Gasteiger partial charge is 0.314 e. The van der Waals surface area contributed by atoms with Gasteiger partial charge in [0.15, 0.2) is 0 Å². The minimum atomic E-state index is 0.217. The predicted molar refractivity (Wildman–Crippen MR) is 56.6 cm³/mol. The van der Waals surface area contributed by atoms with Gasteiger partial charge in [-0.05, 0) is 54.0 Å². The molecule has 1 saturated heterocycles. The van der Waals surface area contributed by atoms with Crippen LogP contribution in [0.3, 0.4) is 0 Å². The Labute approximate surface area is 82.5 Å². The number of rotatable bonds is 2. The Morgan fingerprint density at radius 3 is 2.08 bits per heavy atom. The van der Waals surface area contributed by atoms with Crippen molar-refractivity contribution >= 4 is 0 Å². The van der Waals surface area contributed by atoms with Crippen LogP contribution in [-0.2, 0) is 0 Å². The molecule has 0 aromatic carbocycles. The summed E-state index contributed by atoms with van der Waals surface area (Å²) in [5.41, 5.74) is 0.434. The Bertz CT molecular complexity index is 157. The van der Waals surface area contributed by atoms with Gasteiger partial charge in [0.05, 0.1) is 0 Å². The second-order valence-corrected chi connectivity index (χ2v) is 5.41. The molecule has 13 heavy (non-hydrogen) atoms. The average Bonchev–Trinajstić information content (AvgIpc) is 1.78. The SMILES string of the molecule is [CH]CNC1CC(C)(C)NC(C)(C)C1. The predicted octanol–water partition coefficient (Wildman–Crippen LogP) is 1.60. The Hall–Kier alpha value is -0.0800. The second-order valence-electron chi connectivity index (χ2n) is 5.41. The van der Waals surface area contributed by atoms with Crippen LogP contribution in [0.1, 0.15) is 40.5 Å². The van der Waals surface area contributed by atoms with Crippen LogP contribution >= 0.6 is 0 Å². The highest BCUT2D eigenvalue weighted by Crippen LogP contribution is 2.28. The minimum Gasteiger partial charge on any atom is -0.314 e. The lowest BCUT2D eigenvalue weighted by molar-refractivity contribution is 0.148. The molecule has 1 fully saturated rings. The highest BCUT2D eigenvalue weighted by Gasteiger charge is 2.36. The van der Waals surface area contributed by atoms with Gasteiger partial charge in [-0.1, -0.05) is 0 Å². The van der Waals surface area contributed by atoms with Crippen LogP contribution in [-0.4, -0.2) is 23.7 Å². The molecule has 0 aromatic rings. The fourth-order valence-corrected chi connectivity index (χ4v) is 2.63. The zero-order valence-electron chi connectivity index (χ0n) is 9.28. The maximum atomic E-state index is 5.50. The average molecular weight is 182 g/mol. The Morgan fingerprint density at radius 2 is 1.69 bits per heavy atom. The second kappa shape index (κ2) is 3.58. The fourth-order valence-electron chi connectivity index (χ4n) is 2.63. The third-order valence-corrected chi connectivity index (χ3v) is 2.60. The lowest BCUT2D eigenvalue weighted by Gasteiger charge is -2.46. The zero-order valence-corrected chi connectivity index (χ0v) is 9.28. The number of hydrogen-bond acceptors (Lipinski definition) is 2. The molecule has 0 unspecified atom stereocenters. The molecule has 2 nitrogen and oxygen atoms in total. The van der Waals surface area contributed by atoms with E-state index in [1.54, 1.807) is 0 Å². The molecule has 1 aliphatic rings. The molecule has 2 N–H and O–H groups in total. The van der Waals surface area contributed by atoms with Gasteiger partial charge in [-0.2, -0.15) is 0 Å². The summed E-state index contributed by atoms with van der Waals surface area (Å²) >= 11 is 0. The minimum absolute atomic E-state index is 0.217. The summed E-state index contributed by atoms with van der Waals surface area (Å²) < 4.78 is 0. The van der Waals surface area contributed by atoms with Crippen molar-refractivity contribution in [2.24, 2.45) is 0 Å². The van der Waals surface area contributed by atoms with Gasteiger partial charge >= 0.3 is 0 Å². The Balaban J connectivity index is 2.61. The molecule has 0 amide bonds. The quantitative estimate of drug-likeness (QED) is 0.678. The molecule has 76 valence electrons. The van der Waals surface area contributed by atoms with Crippen molar-refractivity contribution in [3.63, 3.8) is 0 Å². The van der Waals surface area contributed by atoms with Crippen molar-refractivity contribution in [3.8, 4) is 0 Å². The summed E-state index contributed by atoms with van der Waals surface area (Å²) in [6.45, 7) is 15.1. The molecule has 1 heterocycles. The number of hydrogen-bond donors (Lipinski definition) is 2. The lowest BCUT2D eigenvalue weighted by atomic mass is 9.79. The maximum absolute atomic E-state index is 5.50. The molecule has 1 rings (SSSR count). The van der Waals surface area contributed by atoms with Crippen LogP contribution < -0.4 is 10.6 Å². The van der Waals surface area contributed by atoms with Gasteiger partial charge in [0.1, 0.15) is 0 Å². The van der Waals surface area contributed by atoms with E-state index in [2.05, 4.69) is 38.3 Å². The molecular formula is C11H22N2. The molecule has 0 atom stereocenters. The molecular weight excluding hydrogens is 160 g/mol. The van der Waals surface area contributed by atoms with Gasteiger partial charge in [0.2, 0.25) is 0 Å². The lowest BCUT2D eigenvalue weighted by Crippen LogP contribution is -2.61. The third kappa shape index (κ3) is 3.28. The summed E-state index contributed by atoms with van der Waals surface area (Å²) in [5.74, 6) is 0. The van der Waals surface area contributed by atoms with Crippen LogP contribution in [0.5, 0.6) is 0 Å². The molecule has 0 aromatic heterocycles. The fraction of sp³-hybridized carbons (Fsp3) is 0.909. The highest BCUT2D eigenvalue weighted by molar-refractivity contribution is 4.99. The first-order chi connectivity index (χ1) is 5.85. The summed E-state index contributed by atoms with van der Waals surface area (Å²) in [5, 5.41) is 6.97. The topological polar surface area (TPSA) is 24.1 Å². The first-order valence-electron chi connectivity index (χ1n) is 5.07. The van der Waals surface area contributed by atoms with Crippen LogP contribution in [0.15, 0.2) is 0 Å². The van der Waals surface area contributed by atoms with E-state index in [1.165, 1.54) is 0 Å². The van der Waals surface area contributed by atoms with Gasteiger partial charge in [0, 0.05) is 17.1 Å². The monoisotopic (exact) mass is 182 g/mol. The summed E-state index contributed by atoms with van der Waals surface area (Å²) in [7, 11) is 0. The Morgan fingerprint density at radius 1 is 1.23 bits per heavy atom. The van der Waals surface area contributed by atoms with E-state index in [4.69, 9.17) is 6.92 Å². The maximum Gasteiger partial charge on any atom is 0.0144 e. The van der Waals surface area contributed by atoms with Gasteiger partial charge in [-0.15, -0.1) is 0 Å². The Kier molecular flexibility index (Phi) is 3.03. The molecule has 1 aliphatic heterocycles. The highest BCUT2D eigenvalue weighted by atomic mass is 15.1. The van der Waals surface area contributed by atoms with Gasteiger partial charge < -0.3 is 10.6 Å². The molecule has 0 spiro atoms. The molecule has 0 aliphatic carbocycles. The molecule has 2 heteroatoms. The van der Waals surface area contributed by atoms with Crippen molar-refractivity contribution in [1.82, 2.24) is 10.6 Å². The van der Waals surface area contributed by atoms with E-state index < -0.39 is 0 Å².